The van der Waals surface area contributed by atoms with Gasteiger partial charge in [0.15, 0.2) is 11.8 Å². The molecule has 30 heavy (non-hydrogen) atoms. The van der Waals surface area contributed by atoms with E-state index < -0.39 is 0 Å². The van der Waals surface area contributed by atoms with Gasteiger partial charge in [0.05, 0.1) is 11.9 Å². The van der Waals surface area contributed by atoms with E-state index in [9.17, 15) is 4.79 Å². The van der Waals surface area contributed by atoms with Crippen LogP contribution in [0.4, 0.5) is 5.69 Å². The van der Waals surface area contributed by atoms with Gasteiger partial charge < -0.3 is 19.7 Å². The van der Waals surface area contributed by atoms with Crippen LogP contribution in [0.2, 0.25) is 0 Å². The Hall–Kier alpha value is -1.83. The van der Waals surface area contributed by atoms with Crippen LogP contribution in [-0.2, 0) is 25.4 Å². The van der Waals surface area contributed by atoms with Crippen molar-refractivity contribution < 1.29 is 4.79 Å². The van der Waals surface area contributed by atoms with Crippen molar-refractivity contribution in [2.24, 2.45) is 19.1 Å². The molecule has 0 unspecified atom stereocenters. The standard InChI is InChI=1S/C18H29N9OS.HI/c1-14-22-23-16(25(14)3)11-20-18(19-6-5-9-29-4)26-7-8-27(17(28)13-26)15-10-21-24(2)12-15;/h10,12H,5-9,11,13H2,1-4H3,(H,19,20);1H. The van der Waals surface area contributed by atoms with Gasteiger partial charge >= 0.3 is 0 Å². The number of aromatic nitrogens is 5. The lowest BCUT2D eigenvalue weighted by atomic mass is 10.3. The van der Waals surface area contributed by atoms with Gasteiger partial charge in [0.25, 0.3) is 0 Å². The Morgan fingerprint density at radius 3 is 2.70 bits per heavy atom. The molecule has 0 saturated carbocycles. The van der Waals surface area contributed by atoms with Gasteiger partial charge in [0.2, 0.25) is 5.91 Å². The lowest BCUT2D eigenvalue weighted by molar-refractivity contribution is -0.120. The third-order valence-corrected chi connectivity index (χ3v) is 5.58. The van der Waals surface area contributed by atoms with Gasteiger partial charge in [-0.1, -0.05) is 0 Å². The number of aliphatic imine (C=N–C) groups is 1. The highest BCUT2D eigenvalue weighted by Gasteiger charge is 2.27. The fourth-order valence-electron chi connectivity index (χ4n) is 3.09. The first kappa shape index (κ1) is 24.4. The highest BCUT2D eigenvalue weighted by atomic mass is 127. The molecule has 12 heteroatoms. The molecule has 3 heterocycles. The zero-order valence-electron chi connectivity index (χ0n) is 17.9. The fraction of sp³-hybridized carbons (Fsp3) is 0.611. The minimum atomic E-state index is 0. The summed E-state index contributed by atoms with van der Waals surface area (Å²) in [4.78, 5) is 21.3. The number of nitrogens with one attached hydrogen (secondary N) is 1. The number of hydrogen-bond acceptors (Lipinski definition) is 6. The summed E-state index contributed by atoms with van der Waals surface area (Å²) in [5.74, 6) is 3.51. The van der Waals surface area contributed by atoms with E-state index in [-0.39, 0.29) is 36.4 Å². The van der Waals surface area contributed by atoms with E-state index in [4.69, 9.17) is 4.99 Å². The molecule has 3 rings (SSSR count). The molecule has 10 nitrogen and oxygen atoms in total. The van der Waals surface area contributed by atoms with Crippen LogP contribution in [0, 0.1) is 6.92 Å². The number of halogens is 1. The molecular formula is C18H30IN9OS. The smallest absolute Gasteiger partial charge is 0.246 e. The van der Waals surface area contributed by atoms with Crippen molar-refractivity contribution in [3.05, 3.63) is 24.0 Å². The molecule has 2 aromatic heterocycles. The summed E-state index contributed by atoms with van der Waals surface area (Å²) >= 11 is 1.82. The summed E-state index contributed by atoms with van der Waals surface area (Å²) in [5.41, 5.74) is 0.832. The molecule has 1 aliphatic rings. The number of guanidine groups is 1. The zero-order valence-corrected chi connectivity index (χ0v) is 21.1. The number of piperazine rings is 1. The van der Waals surface area contributed by atoms with Crippen molar-refractivity contribution in [3.63, 3.8) is 0 Å². The van der Waals surface area contributed by atoms with E-state index in [1.54, 1.807) is 15.8 Å². The second-order valence-corrected chi connectivity index (χ2v) is 7.96. The number of hydrogen-bond donors (Lipinski definition) is 1. The molecule has 1 N–H and O–H groups in total. The molecule has 0 aliphatic carbocycles. The Kier molecular flexibility index (Phi) is 9.39. The number of rotatable bonds is 7. The van der Waals surface area contributed by atoms with E-state index in [1.165, 1.54) is 0 Å². The van der Waals surface area contributed by atoms with E-state index in [1.807, 2.05) is 48.4 Å². The first-order valence-electron chi connectivity index (χ1n) is 9.65. The maximum atomic E-state index is 12.8. The maximum Gasteiger partial charge on any atom is 0.246 e. The first-order valence-corrected chi connectivity index (χ1v) is 11.0. The molecule has 1 fully saturated rings. The van der Waals surface area contributed by atoms with Gasteiger partial charge in [0.1, 0.15) is 18.9 Å². The van der Waals surface area contributed by atoms with Crippen molar-refractivity contribution >= 4 is 53.3 Å². The van der Waals surface area contributed by atoms with Gasteiger partial charge in [-0.3, -0.25) is 9.48 Å². The van der Waals surface area contributed by atoms with Crippen LogP contribution in [-0.4, -0.2) is 79.5 Å². The van der Waals surface area contributed by atoms with E-state index in [2.05, 4.69) is 26.9 Å². The normalized spacial score (nSPS) is 14.8. The van der Waals surface area contributed by atoms with Crippen molar-refractivity contribution in [1.29, 1.82) is 0 Å². The second kappa shape index (κ2) is 11.5. The van der Waals surface area contributed by atoms with Crippen molar-refractivity contribution in [3.8, 4) is 0 Å². The first-order chi connectivity index (χ1) is 14.0. The predicted molar refractivity (Wildman–Crippen MR) is 130 cm³/mol. The predicted octanol–water partition coefficient (Wildman–Crippen LogP) is 1.02. The van der Waals surface area contributed by atoms with Crippen molar-refractivity contribution in [2.75, 3.05) is 43.1 Å². The van der Waals surface area contributed by atoms with Gasteiger partial charge in [0, 0.05) is 39.9 Å². The number of carbonyl (C=O) groups excluding carboxylic acids is 1. The summed E-state index contributed by atoms with van der Waals surface area (Å²) in [6.45, 7) is 4.72. The van der Waals surface area contributed by atoms with Crippen LogP contribution in [0.3, 0.4) is 0 Å². The summed E-state index contributed by atoms with van der Waals surface area (Å²) in [6.07, 6.45) is 6.72. The average Bonchev–Trinajstić information content (AvgIpc) is 3.27. The largest absolute Gasteiger partial charge is 0.356 e. The number of carbonyl (C=O) groups is 1. The number of aryl methyl sites for hydroxylation is 2. The Labute approximate surface area is 198 Å². The fourth-order valence-corrected chi connectivity index (χ4v) is 3.53. The maximum absolute atomic E-state index is 12.8. The number of thioether (sulfide) groups is 1. The van der Waals surface area contributed by atoms with E-state index in [0.717, 1.165) is 42.0 Å². The minimum absolute atomic E-state index is 0. The van der Waals surface area contributed by atoms with E-state index >= 15 is 0 Å². The van der Waals surface area contributed by atoms with Crippen LogP contribution >= 0.6 is 35.7 Å². The van der Waals surface area contributed by atoms with Crippen molar-refractivity contribution in [2.45, 2.75) is 19.9 Å². The average molecular weight is 547 g/mol. The topological polar surface area (TPSA) is 96.5 Å². The van der Waals surface area contributed by atoms with Crippen LogP contribution in [0.1, 0.15) is 18.1 Å². The third-order valence-electron chi connectivity index (χ3n) is 4.88. The second-order valence-electron chi connectivity index (χ2n) is 6.97. The summed E-state index contributed by atoms with van der Waals surface area (Å²) in [5, 5.41) is 15.9. The quantitative estimate of drug-likeness (QED) is 0.239. The Balaban J connectivity index is 0.00000320. The Morgan fingerprint density at radius 1 is 1.30 bits per heavy atom. The number of amides is 1. The lowest BCUT2D eigenvalue weighted by Gasteiger charge is -2.35. The van der Waals surface area contributed by atoms with Gasteiger partial charge in [-0.05, 0) is 25.4 Å². The Bertz CT molecular complexity index is 866. The highest BCUT2D eigenvalue weighted by Crippen LogP contribution is 2.16. The van der Waals surface area contributed by atoms with Gasteiger partial charge in [-0.15, -0.1) is 34.2 Å². The Morgan fingerprint density at radius 2 is 2.10 bits per heavy atom. The van der Waals surface area contributed by atoms with Crippen LogP contribution in [0.15, 0.2) is 17.4 Å². The molecule has 0 bridgehead atoms. The molecule has 166 valence electrons. The monoisotopic (exact) mass is 547 g/mol. The molecule has 1 saturated heterocycles. The van der Waals surface area contributed by atoms with Gasteiger partial charge in [-0.2, -0.15) is 16.9 Å². The number of nitrogens with zero attached hydrogens (tertiary/aromatic N) is 8. The van der Waals surface area contributed by atoms with Crippen LogP contribution in [0.5, 0.6) is 0 Å². The summed E-state index contributed by atoms with van der Waals surface area (Å²) in [7, 11) is 3.78. The zero-order chi connectivity index (χ0) is 20.8. The SMILES string of the molecule is CSCCCNC(=NCc1nnc(C)n1C)N1CCN(c2cnn(C)c2)C(=O)C1.I. The molecule has 0 aromatic carbocycles. The molecule has 0 spiro atoms. The number of anilines is 1. The van der Waals surface area contributed by atoms with Crippen LogP contribution < -0.4 is 10.2 Å². The lowest BCUT2D eigenvalue weighted by Crippen LogP contribution is -2.55. The molecule has 1 amide bonds. The highest BCUT2D eigenvalue weighted by molar-refractivity contribution is 14.0. The molecule has 0 radical (unpaired) electrons. The minimum Gasteiger partial charge on any atom is -0.356 e. The van der Waals surface area contributed by atoms with Crippen molar-refractivity contribution in [1.82, 2.24) is 34.8 Å². The molecule has 0 atom stereocenters. The summed E-state index contributed by atoms with van der Waals surface area (Å²) in [6, 6.07) is 0. The molecule has 2 aromatic rings. The molecule has 1 aliphatic heterocycles. The molecular weight excluding hydrogens is 517 g/mol. The van der Waals surface area contributed by atoms with Crippen LogP contribution in [0.25, 0.3) is 0 Å². The van der Waals surface area contributed by atoms with Gasteiger partial charge in [-0.25, -0.2) is 4.99 Å². The van der Waals surface area contributed by atoms with E-state index in [0.29, 0.717) is 19.6 Å². The third kappa shape index (κ3) is 6.09. The summed E-state index contributed by atoms with van der Waals surface area (Å²) < 4.78 is 3.64.